The SMILES string of the molecule is COCC1CCN(S(=O)(=O)c2ccsc2CO)C1. The topological polar surface area (TPSA) is 66.8 Å². The Bertz CT molecular complexity index is 497. The summed E-state index contributed by atoms with van der Waals surface area (Å²) < 4.78 is 31.4. The molecule has 0 amide bonds. The van der Waals surface area contributed by atoms with Crippen molar-refractivity contribution in [1.82, 2.24) is 4.31 Å². The van der Waals surface area contributed by atoms with Crippen LogP contribution in [-0.4, -0.2) is 44.6 Å². The van der Waals surface area contributed by atoms with Crippen LogP contribution in [0.25, 0.3) is 0 Å². The molecule has 1 atom stereocenters. The summed E-state index contributed by atoms with van der Waals surface area (Å²) in [5.41, 5.74) is 0. The van der Waals surface area contributed by atoms with Gasteiger partial charge in [-0.1, -0.05) is 0 Å². The number of sulfonamides is 1. The lowest BCUT2D eigenvalue weighted by atomic mass is 10.1. The molecule has 1 aliphatic heterocycles. The predicted octanol–water partition coefficient (Wildman–Crippen LogP) is 0.897. The summed E-state index contributed by atoms with van der Waals surface area (Å²) in [5.74, 6) is 0.265. The molecule has 2 rings (SSSR count). The zero-order valence-corrected chi connectivity index (χ0v) is 11.8. The van der Waals surface area contributed by atoms with E-state index in [1.807, 2.05) is 0 Å². The molecular weight excluding hydrogens is 274 g/mol. The van der Waals surface area contributed by atoms with Gasteiger partial charge in [0.2, 0.25) is 10.0 Å². The first-order chi connectivity index (χ1) is 8.59. The minimum Gasteiger partial charge on any atom is -0.391 e. The molecule has 0 aliphatic carbocycles. The zero-order chi connectivity index (χ0) is 13.2. The highest BCUT2D eigenvalue weighted by molar-refractivity contribution is 7.89. The van der Waals surface area contributed by atoms with Gasteiger partial charge in [-0.05, 0) is 23.8 Å². The zero-order valence-electron chi connectivity index (χ0n) is 10.2. The lowest BCUT2D eigenvalue weighted by Crippen LogP contribution is -2.29. The molecule has 0 aromatic carbocycles. The molecule has 0 bridgehead atoms. The molecular formula is C11H17NO4S2. The number of aliphatic hydroxyl groups excluding tert-OH is 1. The highest BCUT2D eigenvalue weighted by Crippen LogP contribution is 2.29. The van der Waals surface area contributed by atoms with Crippen LogP contribution < -0.4 is 0 Å². The smallest absolute Gasteiger partial charge is 0.244 e. The molecule has 7 heteroatoms. The quantitative estimate of drug-likeness (QED) is 0.875. The summed E-state index contributed by atoms with van der Waals surface area (Å²) in [7, 11) is -1.84. The lowest BCUT2D eigenvalue weighted by molar-refractivity contribution is 0.157. The van der Waals surface area contributed by atoms with Crippen LogP contribution in [0.3, 0.4) is 0 Å². The Hall–Kier alpha value is -0.470. The molecule has 0 spiro atoms. The van der Waals surface area contributed by atoms with E-state index in [1.54, 1.807) is 18.6 Å². The molecule has 102 valence electrons. The van der Waals surface area contributed by atoms with E-state index in [0.29, 0.717) is 24.6 Å². The number of ether oxygens (including phenoxy) is 1. The second-order valence-corrected chi connectivity index (χ2v) is 7.25. The fourth-order valence-electron chi connectivity index (χ4n) is 2.20. The van der Waals surface area contributed by atoms with Gasteiger partial charge in [-0.3, -0.25) is 0 Å². The van der Waals surface area contributed by atoms with Crippen LogP contribution in [0.1, 0.15) is 11.3 Å². The van der Waals surface area contributed by atoms with Crippen LogP contribution in [0.4, 0.5) is 0 Å². The molecule has 1 unspecified atom stereocenters. The van der Waals surface area contributed by atoms with Gasteiger partial charge in [-0.2, -0.15) is 4.31 Å². The van der Waals surface area contributed by atoms with Crippen LogP contribution in [0.2, 0.25) is 0 Å². The largest absolute Gasteiger partial charge is 0.391 e. The monoisotopic (exact) mass is 291 g/mol. The second-order valence-electron chi connectivity index (χ2n) is 4.34. The molecule has 1 aromatic heterocycles. The van der Waals surface area contributed by atoms with Gasteiger partial charge >= 0.3 is 0 Å². The van der Waals surface area contributed by atoms with Crippen molar-refractivity contribution in [3.05, 3.63) is 16.3 Å². The van der Waals surface area contributed by atoms with Crippen LogP contribution in [-0.2, 0) is 21.4 Å². The third-order valence-corrected chi connectivity index (χ3v) is 6.10. The number of methoxy groups -OCH3 is 1. The summed E-state index contributed by atoms with van der Waals surface area (Å²) in [6.45, 7) is 1.37. The summed E-state index contributed by atoms with van der Waals surface area (Å²) in [5, 5.41) is 10.9. The second kappa shape index (κ2) is 5.66. The van der Waals surface area contributed by atoms with E-state index in [9.17, 15) is 8.42 Å². The van der Waals surface area contributed by atoms with Crippen molar-refractivity contribution in [2.45, 2.75) is 17.9 Å². The Morgan fingerprint density at radius 1 is 1.61 bits per heavy atom. The summed E-state index contributed by atoms with van der Waals surface area (Å²) in [6.07, 6.45) is 0.825. The Morgan fingerprint density at radius 3 is 3.06 bits per heavy atom. The van der Waals surface area contributed by atoms with Gasteiger partial charge in [0.1, 0.15) is 0 Å². The molecule has 1 saturated heterocycles. The maximum atomic E-state index is 12.4. The van der Waals surface area contributed by atoms with Crippen molar-refractivity contribution < 1.29 is 18.3 Å². The third kappa shape index (κ3) is 2.60. The molecule has 0 saturated carbocycles. The minimum atomic E-state index is -3.46. The first-order valence-electron chi connectivity index (χ1n) is 5.76. The Morgan fingerprint density at radius 2 is 2.39 bits per heavy atom. The van der Waals surface area contributed by atoms with Gasteiger partial charge in [0, 0.05) is 25.1 Å². The van der Waals surface area contributed by atoms with Crippen molar-refractivity contribution in [1.29, 1.82) is 0 Å². The fraction of sp³-hybridized carbons (Fsp3) is 0.636. The molecule has 1 N–H and O–H groups in total. The molecule has 1 fully saturated rings. The van der Waals surface area contributed by atoms with E-state index in [2.05, 4.69) is 0 Å². The lowest BCUT2D eigenvalue weighted by Gasteiger charge is -2.16. The molecule has 0 radical (unpaired) electrons. The standard InChI is InChI=1S/C11H17NO4S2/c1-16-8-9-2-4-12(6-9)18(14,15)11-3-5-17-10(11)7-13/h3,5,9,13H,2,4,6-8H2,1H3. The van der Waals surface area contributed by atoms with Gasteiger partial charge in [-0.25, -0.2) is 8.42 Å². The molecule has 1 aliphatic rings. The Kier molecular flexibility index (Phi) is 4.39. The summed E-state index contributed by atoms with van der Waals surface area (Å²) >= 11 is 1.27. The van der Waals surface area contributed by atoms with E-state index in [1.165, 1.54) is 15.6 Å². The van der Waals surface area contributed by atoms with Crippen LogP contribution in [0.5, 0.6) is 0 Å². The normalized spacial score (nSPS) is 21.6. The third-order valence-electron chi connectivity index (χ3n) is 3.12. The molecule has 1 aromatic rings. The van der Waals surface area contributed by atoms with Gasteiger partial charge in [-0.15, -0.1) is 11.3 Å². The van der Waals surface area contributed by atoms with E-state index < -0.39 is 10.0 Å². The number of hydrogen-bond donors (Lipinski definition) is 1. The molecule has 2 heterocycles. The summed E-state index contributed by atoms with van der Waals surface area (Å²) in [4.78, 5) is 0.748. The molecule has 18 heavy (non-hydrogen) atoms. The van der Waals surface area contributed by atoms with Crippen molar-refractivity contribution in [2.24, 2.45) is 5.92 Å². The highest BCUT2D eigenvalue weighted by atomic mass is 32.2. The molecule has 5 nitrogen and oxygen atoms in total. The number of hydrogen-bond acceptors (Lipinski definition) is 5. The van der Waals surface area contributed by atoms with Crippen LogP contribution >= 0.6 is 11.3 Å². The van der Waals surface area contributed by atoms with Crippen LogP contribution in [0, 0.1) is 5.92 Å². The minimum absolute atomic E-state index is 0.235. The number of thiophene rings is 1. The van der Waals surface area contributed by atoms with E-state index in [4.69, 9.17) is 9.84 Å². The van der Waals surface area contributed by atoms with Gasteiger partial charge < -0.3 is 9.84 Å². The van der Waals surface area contributed by atoms with E-state index >= 15 is 0 Å². The van der Waals surface area contributed by atoms with Gasteiger partial charge in [0.15, 0.2) is 0 Å². The first-order valence-corrected chi connectivity index (χ1v) is 8.08. The van der Waals surface area contributed by atoms with Crippen molar-refractivity contribution in [3.63, 3.8) is 0 Å². The van der Waals surface area contributed by atoms with E-state index in [0.717, 1.165) is 6.42 Å². The number of aliphatic hydroxyl groups is 1. The number of nitrogens with zero attached hydrogens (tertiary/aromatic N) is 1. The van der Waals surface area contributed by atoms with Gasteiger partial charge in [0.05, 0.1) is 18.1 Å². The average molecular weight is 291 g/mol. The number of rotatable bonds is 5. The predicted molar refractivity (Wildman–Crippen MR) is 69.0 cm³/mol. The maximum Gasteiger partial charge on any atom is 0.244 e. The highest BCUT2D eigenvalue weighted by Gasteiger charge is 2.33. The summed E-state index contributed by atoms with van der Waals surface area (Å²) in [6, 6.07) is 1.56. The first kappa shape index (κ1) is 14.0. The maximum absolute atomic E-state index is 12.4. The Balaban J connectivity index is 2.18. The van der Waals surface area contributed by atoms with Crippen molar-refractivity contribution >= 4 is 21.4 Å². The van der Waals surface area contributed by atoms with Crippen molar-refractivity contribution in [2.75, 3.05) is 26.8 Å². The Labute approximate surface area is 111 Å². The van der Waals surface area contributed by atoms with Crippen molar-refractivity contribution in [3.8, 4) is 0 Å². The van der Waals surface area contributed by atoms with Crippen LogP contribution in [0.15, 0.2) is 16.3 Å². The fourth-order valence-corrected chi connectivity index (χ4v) is 5.00. The van der Waals surface area contributed by atoms with Gasteiger partial charge in [0.25, 0.3) is 0 Å². The average Bonchev–Trinajstić information content (AvgIpc) is 2.97. The van der Waals surface area contributed by atoms with E-state index in [-0.39, 0.29) is 17.4 Å².